The molecule has 5 atom stereocenters. The molecular weight excluding hydrogens is 210 g/mol. The second kappa shape index (κ2) is 4.29. The molecule has 15 heavy (non-hydrogen) atoms. The first-order valence-electron chi connectivity index (χ1n) is 4.26. The molecule has 0 radical (unpaired) electrons. The third-order valence-electron chi connectivity index (χ3n) is 2.45. The van der Waals surface area contributed by atoms with Crippen molar-refractivity contribution >= 4 is 6.09 Å². The summed E-state index contributed by atoms with van der Waals surface area (Å²) in [5, 5.41) is 54.6. The fourth-order valence-electron chi connectivity index (χ4n) is 1.58. The lowest BCUT2D eigenvalue weighted by atomic mass is 9.93. The van der Waals surface area contributed by atoms with Gasteiger partial charge in [0.1, 0.15) is 18.3 Å². The SMILES string of the molecule is O=C(O)N1C(O)[C@H](O)[C@@H](O)[C@H](O)[C@H]1CO. The van der Waals surface area contributed by atoms with Gasteiger partial charge in [0, 0.05) is 0 Å². The molecule has 0 aromatic carbocycles. The van der Waals surface area contributed by atoms with Gasteiger partial charge in [-0.1, -0.05) is 0 Å². The molecule has 1 saturated heterocycles. The molecule has 1 fully saturated rings. The zero-order valence-corrected chi connectivity index (χ0v) is 7.63. The van der Waals surface area contributed by atoms with E-state index in [2.05, 4.69) is 0 Å². The van der Waals surface area contributed by atoms with E-state index >= 15 is 0 Å². The average Bonchev–Trinajstić information content (AvgIpc) is 2.19. The summed E-state index contributed by atoms with van der Waals surface area (Å²) in [6, 6.07) is -1.36. The van der Waals surface area contributed by atoms with Crippen molar-refractivity contribution in [1.29, 1.82) is 0 Å². The predicted octanol–water partition coefficient (Wildman–Crippen LogP) is -3.26. The third-order valence-corrected chi connectivity index (χ3v) is 2.45. The third kappa shape index (κ3) is 1.90. The molecule has 1 heterocycles. The first kappa shape index (κ1) is 12.1. The predicted molar refractivity (Wildman–Crippen MR) is 44.8 cm³/mol. The highest BCUT2D eigenvalue weighted by Crippen LogP contribution is 2.23. The van der Waals surface area contributed by atoms with Crippen LogP contribution in [0.3, 0.4) is 0 Å². The number of carboxylic acid groups (broad SMARTS) is 1. The number of piperidine rings is 1. The second-order valence-electron chi connectivity index (χ2n) is 3.33. The molecule has 0 spiro atoms. The van der Waals surface area contributed by atoms with Gasteiger partial charge in [0.05, 0.1) is 12.6 Å². The van der Waals surface area contributed by atoms with Gasteiger partial charge in [0.2, 0.25) is 0 Å². The highest BCUT2D eigenvalue weighted by Gasteiger charge is 2.48. The van der Waals surface area contributed by atoms with Crippen LogP contribution in [0.15, 0.2) is 0 Å². The van der Waals surface area contributed by atoms with Crippen molar-refractivity contribution in [3.8, 4) is 0 Å². The number of carbonyl (C=O) groups is 1. The average molecular weight is 223 g/mol. The Labute approximate surface area is 84.6 Å². The number of hydrogen-bond acceptors (Lipinski definition) is 6. The van der Waals surface area contributed by atoms with Crippen molar-refractivity contribution in [1.82, 2.24) is 4.90 Å². The fourth-order valence-corrected chi connectivity index (χ4v) is 1.58. The Hall–Kier alpha value is -0.930. The van der Waals surface area contributed by atoms with Gasteiger partial charge in [-0.25, -0.2) is 4.79 Å². The summed E-state index contributed by atoms with van der Waals surface area (Å²) in [4.78, 5) is 11.0. The minimum absolute atomic E-state index is 0.308. The van der Waals surface area contributed by atoms with E-state index in [0.29, 0.717) is 4.90 Å². The highest BCUT2D eigenvalue weighted by atomic mass is 16.4. The molecule has 8 nitrogen and oxygen atoms in total. The van der Waals surface area contributed by atoms with Crippen LogP contribution in [0.4, 0.5) is 4.79 Å². The van der Waals surface area contributed by atoms with Gasteiger partial charge >= 0.3 is 6.09 Å². The first-order valence-corrected chi connectivity index (χ1v) is 4.26. The first-order chi connectivity index (χ1) is 6.91. The summed E-state index contributed by atoms with van der Waals surface area (Å²) in [5.74, 6) is 0. The molecule has 1 rings (SSSR count). The maximum atomic E-state index is 10.7. The maximum Gasteiger partial charge on any atom is 0.409 e. The molecule has 0 aromatic heterocycles. The molecular formula is C7H13NO7. The van der Waals surface area contributed by atoms with Gasteiger partial charge < -0.3 is 30.6 Å². The standard InChI is InChI=1S/C7H13NO7/c9-1-2-3(10)4(11)5(12)6(13)8(2)7(14)15/h2-6,9-13H,1H2,(H,14,15)/t2-,3-,4+,5-,6?/m1/s1. The van der Waals surface area contributed by atoms with Crippen LogP contribution in [-0.2, 0) is 0 Å². The van der Waals surface area contributed by atoms with Gasteiger partial charge in [-0.05, 0) is 0 Å². The van der Waals surface area contributed by atoms with Crippen LogP contribution in [0.1, 0.15) is 0 Å². The van der Waals surface area contributed by atoms with Gasteiger partial charge in [-0.2, -0.15) is 0 Å². The number of hydrogen-bond donors (Lipinski definition) is 6. The van der Waals surface area contributed by atoms with Crippen molar-refractivity contribution in [2.75, 3.05) is 6.61 Å². The number of rotatable bonds is 1. The lowest BCUT2D eigenvalue weighted by Crippen LogP contribution is -2.68. The molecule has 0 bridgehead atoms. The van der Waals surface area contributed by atoms with Crippen LogP contribution in [0.5, 0.6) is 0 Å². The Morgan fingerprint density at radius 1 is 1.07 bits per heavy atom. The number of amides is 1. The van der Waals surface area contributed by atoms with Crippen LogP contribution in [0.25, 0.3) is 0 Å². The largest absolute Gasteiger partial charge is 0.465 e. The van der Waals surface area contributed by atoms with Gasteiger partial charge in [-0.3, -0.25) is 4.90 Å². The summed E-state index contributed by atoms with van der Waals surface area (Å²) >= 11 is 0. The van der Waals surface area contributed by atoms with Gasteiger partial charge in [0.25, 0.3) is 0 Å². The van der Waals surface area contributed by atoms with Crippen LogP contribution < -0.4 is 0 Å². The minimum Gasteiger partial charge on any atom is -0.465 e. The summed E-state index contributed by atoms with van der Waals surface area (Å²) in [6.45, 7) is -0.770. The molecule has 0 aliphatic carbocycles. The van der Waals surface area contributed by atoms with Crippen molar-refractivity contribution in [2.45, 2.75) is 30.6 Å². The van der Waals surface area contributed by atoms with Crippen molar-refractivity contribution in [2.24, 2.45) is 0 Å². The second-order valence-corrected chi connectivity index (χ2v) is 3.33. The quantitative estimate of drug-likeness (QED) is 0.274. The molecule has 0 aromatic rings. The molecule has 1 amide bonds. The summed E-state index contributed by atoms with van der Waals surface area (Å²) in [6.07, 6.45) is -8.64. The Morgan fingerprint density at radius 2 is 1.60 bits per heavy atom. The van der Waals surface area contributed by atoms with Crippen LogP contribution in [-0.4, -0.2) is 78.8 Å². The Kier molecular flexibility index (Phi) is 3.47. The van der Waals surface area contributed by atoms with E-state index < -0.39 is 43.3 Å². The molecule has 1 unspecified atom stereocenters. The fraction of sp³-hybridized carbons (Fsp3) is 0.857. The summed E-state index contributed by atoms with van der Waals surface area (Å²) < 4.78 is 0. The lowest BCUT2D eigenvalue weighted by molar-refractivity contribution is -0.210. The minimum atomic E-state index is -1.88. The Balaban J connectivity index is 2.97. The number of nitrogens with zero attached hydrogens (tertiary/aromatic N) is 1. The number of aliphatic hydroxyl groups is 5. The topological polar surface area (TPSA) is 142 Å². The van der Waals surface area contributed by atoms with E-state index in [1.807, 2.05) is 0 Å². The molecule has 1 aliphatic heterocycles. The van der Waals surface area contributed by atoms with E-state index in [4.69, 9.17) is 10.2 Å². The normalized spacial score (nSPS) is 41.7. The van der Waals surface area contributed by atoms with Crippen molar-refractivity contribution in [3.63, 3.8) is 0 Å². The summed E-state index contributed by atoms with van der Waals surface area (Å²) in [5.41, 5.74) is 0. The summed E-state index contributed by atoms with van der Waals surface area (Å²) in [7, 11) is 0. The number of likely N-dealkylation sites (tertiary alicyclic amines) is 1. The van der Waals surface area contributed by atoms with Crippen LogP contribution in [0.2, 0.25) is 0 Å². The maximum absolute atomic E-state index is 10.7. The zero-order chi connectivity index (χ0) is 11.7. The van der Waals surface area contributed by atoms with E-state index in [1.165, 1.54) is 0 Å². The molecule has 0 saturated carbocycles. The van der Waals surface area contributed by atoms with Gasteiger partial charge in [-0.15, -0.1) is 0 Å². The van der Waals surface area contributed by atoms with Crippen LogP contribution >= 0.6 is 0 Å². The van der Waals surface area contributed by atoms with E-state index in [9.17, 15) is 25.2 Å². The van der Waals surface area contributed by atoms with E-state index in [-0.39, 0.29) is 0 Å². The Morgan fingerprint density at radius 3 is 2.00 bits per heavy atom. The van der Waals surface area contributed by atoms with E-state index in [1.54, 1.807) is 0 Å². The molecule has 8 heteroatoms. The molecule has 88 valence electrons. The molecule has 1 aliphatic rings. The zero-order valence-electron chi connectivity index (χ0n) is 7.63. The Bertz CT molecular complexity index is 247. The molecule has 6 N–H and O–H groups in total. The van der Waals surface area contributed by atoms with Gasteiger partial charge in [0.15, 0.2) is 6.23 Å². The number of aliphatic hydroxyl groups excluding tert-OH is 5. The lowest BCUT2D eigenvalue weighted by Gasteiger charge is -2.44. The van der Waals surface area contributed by atoms with Crippen molar-refractivity contribution in [3.05, 3.63) is 0 Å². The van der Waals surface area contributed by atoms with Crippen LogP contribution in [0, 0.1) is 0 Å². The monoisotopic (exact) mass is 223 g/mol. The highest BCUT2D eigenvalue weighted by molar-refractivity contribution is 5.66. The van der Waals surface area contributed by atoms with E-state index in [0.717, 1.165) is 0 Å². The van der Waals surface area contributed by atoms with Crippen molar-refractivity contribution < 1.29 is 35.4 Å². The smallest absolute Gasteiger partial charge is 0.409 e.